The molecular formula is C11H13NO3. The molecule has 0 atom stereocenters. The van der Waals surface area contributed by atoms with Gasteiger partial charge in [0.2, 0.25) is 5.88 Å². The number of rotatable bonds is 5. The van der Waals surface area contributed by atoms with Crippen molar-refractivity contribution in [3.05, 3.63) is 48.4 Å². The maximum atomic E-state index is 11.4. The number of hydrogen-bond donors (Lipinski definition) is 1. The molecule has 4 nitrogen and oxygen atoms in total. The molecule has 15 heavy (non-hydrogen) atoms. The van der Waals surface area contributed by atoms with Crippen molar-refractivity contribution in [2.24, 2.45) is 0 Å². The minimum absolute atomic E-state index is 0.210. The van der Waals surface area contributed by atoms with Crippen LogP contribution in [0.25, 0.3) is 0 Å². The van der Waals surface area contributed by atoms with Gasteiger partial charge in [-0.25, -0.2) is 4.79 Å². The number of hydroxylamine groups is 1. The van der Waals surface area contributed by atoms with Crippen LogP contribution in [0.15, 0.2) is 42.8 Å². The van der Waals surface area contributed by atoms with Crippen LogP contribution in [0.4, 0.5) is 0 Å². The summed E-state index contributed by atoms with van der Waals surface area (Å²) in [6, 6.07) is 8.66. The first-order valence-corrected chi connectivity index (χ1v) is 4.58. The standard InChI is InChI=1S/C11H13NO3/c1-3-14-9(2)12-15-11(13)10-7-5-4-6-8-10/h4-8,12H,2-3H2,1H3. The molecule has 1 aromatic rings. The van der Waals surface area contributed by atoms with E-state index >= 15 is 0 Å². The van der Waals surface area contributed by atoms with Gasteiger partial charge in [0.1, 0.15) is 0 Å². The van der Waals surface area contributed by atoms with Gasteiger partial charge >= 0.3 is 5.97 Å². The zero-order chi connectivity index (χ0) is 11.1. The Morgan fingerprint density at radius 1 is 1.40 bits per heavy atom. The molecule has 4 heteroatoms. The Morgan fingerprint density at radius 2 is 2.07 bits per heavy atom. The fourth-order valence-corrected chi connectivity index (χ4v) is 0.940. The third-order valence-corrected chi connectivity index (χ3v) is 1.59. The van der Waals surface area contributed by atoms with E-state index in [1.165, 1.54) is 0 Å². The van der Waals surface area contributed by atoms with Gasteiger partial charge in [0.25, 0.3) is 0 Å². The van der Waals surface area contributed by atoms with Crippen molar-refractivity contribution in [3.63, 3.8) is 0 Å². The summed E-state index contributed by atoms with van der Waals surface area (Å²) >= 11 is 0. The first-order valence-electron chi connectivity index (χ1n) is 4.58. The molecule has 0 aliphatic rings. The smallest absolute Gasteiger partial charge is 0.362 e. The summed E-state index contributed by atoms with van der Waals surface area (Å²) in [6.07, 6.45) is 0. The van der Waals surface area contributed by atoms with Gasteiger partial charge in [-0.1, -0.05) is 18.2 Å². The Labute approximate surface area is 88.5 Å². The maximum absolute atomic E-state index is 11.4. The van der Waals surface area contributed by atoms with E-state index in [2.05, 4.69) is 12.1 Å². The van der Waals surface area contributed by atoms with E-state index in [1.807, 2.05) is 13.0 Å². The van der Waals surface area contributed by atoms with Crippen LogP contribution in [-0.2, 0) is 9.57 Å². The van der Waals surface area contributed by atoms with Crippen LogP contribution >= 0.6 is 0 Å². The van der Waals surface area contributed by atoms with Gasteiger partial charge in [0.05, 0.1) is 12.2 Å². The van der Waals surface area contributed by atoms with Crippen molar-refractivity contribution in [2.45, 2.75) is 6.92 Å². The van der Waals surface area contributed by atoms with E-state index in [0.29, 0.717) is 12.2 Å². The van der Waals surface area contributed by atoms with Crippen molar-refractivity contribution < 1.29 is 14.4 Å². The Bertz CT molecular complexity index is 335. The zero-order valence-electron chi connectivity index (χ0n) is 8.53. The molecule has 0 amide bonds. The number of ether oxygens (including phenoxy) is 1. The fraction of sp³-hybridized carbons (Fsp3) is 0.182. The summed E-state index contributed by atoms with van der Waals surface area (Å²) in [5.74, 6) is -0.266. The second kappa shape index (κ2) is 5.70. The van der Waals surface area contributed by atoms with E-state index in [1.54, 1.807) is 24.3 Å². The van der Waals surface area contributed by atoms with E-state index < -0.39 is 5.97 Å². The minimum Gasteiger partial charge on any atom is -0.478 e. The van der Waals surface area contributed by atoms with Crippen molar-refractivity contribution in [3.8, 4) is 0 Å². The summed E-state index contributed by atoms with van der Waals surface area (Å²) in [6.45, 7) is 5.78. The van der Waals surface area contributed by atoms with E-state index in [9.17, 15) is 4.79 Å². The van der Waals surface area contributed by atoms with E-state index in [-0.39, 0.29) is 5.88 Å². The largest absolute Gasteiger partial charge is 0.478 e. The molecule has 0 aromatic heterocycles. The summed E-state index contributed by atoms with van der Waals surface area (Å²) in [5, 5.41) is 0. The predicted octanol–water partition coefficient (Wildman–Crippen LogP) is 1.86. The highest BCUT2D eigenvalue weighted by Crippen LogP contribution is 2.00. The Morgan fingerprint density at radius 3 is 2.67 bits per heavy atom. The summed E-state index contributed by atoms with van der Waals surface area (Å²) < 4.78 is 4.95. The number of carbonyl (C=O) groups excluding carboxylic acids is 1. The molecular weight excluding hydrogens is 194 g/mol. The van der Waals surface area contributed by atoms with Crippen LogP contribution in [0, 0.1) is 0 Å². The van der Waals surface area contributed by atoms with Gasteiger partial charge in [-0.05, 0) is 25.6 Å². The number of hydrogen-bond acceptors (Lipinski definition) is 4. The van der Waals surface area contributed by atoms with E-state index in [0.717, 1.165) is 0 Å². The summed E-state index contributed by atoms with van der Waals surface area (Å²) in [5.41, 5.74) is 2.78. The lowest BCUT2D eigenvalue weighted by atomic mass is 10.2. The van der Waals surface area contributed by atoms with Crippen LogP contribution in [0.5, 0.6) is 0 Å². The lowest BCUT2D eigenvalue weighted by Crippen LogP contribution is -2.20. The summed E-state index contributed by atoms with van der Waals surface area (Å²) in [7, 11) is 0. The van der Waals surface area contributed by atoms with Crippen LogP contribution in [0.2, 0.25) is 0 Å². The SMILES string of the molecule is C=C(NOC(=O)c1ccccc1)OCC. The van der Waals surface area contributed by atoms with Crippen molar-refractivity contribution in [1.82, 2.24) is 5.48 Å². The third kappa shape index (κ3) is 3.72. The Hall–Kier alpha value is -1.97. The lowest BCUT2D eigenvalue weighted by molar-refractivity contribution is 0.0156. The average molecular weight is 207 g/mol. The van der Waals surface area contributed by atoms with Crippen molar-refractivity contribution in [1.29, 1.82) is 0 Å². The number of benzene rings is 1. The second-order valence-corrected chi connectivity index (χ2v) is 2.71. The monoisotopic (exact) mass is 207 g/mol. The minimum atomic E-state index is -0.476. The molecule has 0 radical (unpaired) electrons. The topological polar surface area (TPSA) is 47.6 Å². The fourth-order valence-electron chi connectivity index (χ4n) is 0.940. The molecule has 0 saturated carbocycles. The average Bonchev–Trinajstić information content (AvgIpc) is 2.27. The van der Waals surface area contributed by atoms with Crippen LogP contribution < -0.4 is 5.48 Å². The van der Waals surface area contributed by atoms with Gasteiger partial charge in [0.15, 0.2) is 0 Å². The van der Waals surface area contributed by atoms with Crippen LogP contribution in [-0.4, -0.2) is 12.6 Å². The molecule has 80 valence electrons. The first-order chi connectivity index (χ1) is 7.24. The normalized spacial score (nSPS) is 9.13. The van der Waals surface area contributed by atoms with Crippen molar-refractivity contribution in [2.75, 3.05) is 6.61 Å². The molecule has 0 spiro atoms. The van der Waals surface area contributed by atoms with Crippen LogP contribution in [0.3, 0.4) is 0 Å². The summed E-state index contributed by atoms with van der Waals surface area (Å²) in [4.78, 5) is 16.1. The van der Waals surface area contributed by atoms with Gasteiger partial charge in [-0.15, -0.1) is 0 Å². The molecule has 0 aliphatic carbocycles. The molecule has 1 aromatic carbocycles. The lowest BCUT2D eigenvalue weighted by Gasteiger charge is -2.08. The highest BCUT2D eigenvalue weighted by Gasteiger charge is 2.06. The highest BCUT2D eigenvalue weighted by molar-refractivity contribution is 5.89. The highest BCUT2D eigenvalue weighted by atomic mass is 16.7. The third-order valence-electron chi connectivity index (χ3n) is 1.59. The number of nitrogens with one attached hydrogen (secondary N) is 1. The zero-order valence-corrected chi connectivity index (χ0v) is 8.53. The Kier molecular flexibility index (Phi) is 4.22. The quantitative estimate of drug-likeness (QED) is 0.591. The molecule has 1 N–H and O–H groups in total. The maximum Gasteiger partial charge on any atom is 0.362 e. The molecule has 1 rings (SSSR count). The van der Waals surface area contributed by atoms with Gasteiger partial charge < -0.3 is 9.57 Å². The van der Waals surface area contributed by atoms with E-state index in [4.69, 9.17) is 9.57 Å². The molecule has 0 heterocycles. The molecule has 0 unspecified atom stereocenters. The van der Waals surface area contributed by atoms with Crippen LogP contribution in [0.1, 0.15) is 17.3 Å². The molecule has 0 aliphatic heterocycles. The van der Waals surface area contributed by atoms with Gasteiger partial charge in [-0.2, -0.15) is 5.48 Å². The first kappa shape index (κ1) is 11.1. The van der Waals surface area contributed by atoms with Gasteiger partial charge in [0, 0.05) is 0 Å². The molecule has 0 bridgehead atoms. The van der Waals surface area contributed by atoms with Gasteiger partial charge in [-0.3, -0.25) is 0 Å². The molecule has 0 saturated heterocycles. The molecule has 0 fully saturated rings. The Balaban J connectivity index is 2.40. The predicted molar refractivity (Wildman–Crippen MR) is 55.8 cm³/mol. The number of carbonyl (C=O) groups is 1. The second-order valence-electron chi connectivity index (χ2n) is 2.71. The van der Waals surface area contributed by atoms with Crippen molar-refractivity contribution >= 4 is 5.97 Å².